The minimum Gasteiger partial charge on any atom is -0.508 e. The van der Waals surface area contributed by atoms with E-state index in [-0.39, 0.29) is 11.5 Å². The molecule has 4 heteroatoms. The van der Waals surface area contributed by atoms with Gasteiger partial charge in [0.2, 0.25) is 0 Å². The van der Waals surface area contributed by atoms with Gasteiger partial charge in [-0.1, -0.05) is 38.8 Å². The Balaban J connectivity index is 2.56. The van der Waals surface area contributed by atoms with Gasteiger partial charge >= 0.3 is 5.97 Å². The van der Waals surface area contributed by atoms with Gasteiger partial charge in [-0.2, -0.15) is 0 Å². The van der Waals surface area contributed by atoms with Gasteiger partial charge in [-0.25, -0.2) is 0 Å². The Labute approximate surface area is 155 Å². The zero-order valence-electron chi connectivity index (χ0n) is 15.5. The van der Waals surface area contributed by atoms with Crippen molar-refractivity contribution in [2.75, 3.05) is 0 Å². The van der Waals surface area contributed by atoms with Crippen molar-refractivity contribution in [2.24, 2.45) is 0 Å². The number of carboxylic acid groups (broad SMARTS) is 1. The van der Waals surface area contributed by atoms with Crippen LogP contribution in [-0.4, -0.2) is 21.3 Å². The Hall–Kier alpha value is -2.49. The fourth-order valence-electron chi connectivity index (χ4n) is 3.35. The molecule has 0 heterocycles. The zero-order chi connectivity index (χ0) is 19.1. The fourth-order valence-corrected chi connectivity index (χ4v) is 3.35. The van der Waals surface area contributed by atoms with Crippen LogP contribution >= 0.6 is 0 Å². The molecule has 3 N–H and O–H groups in total. The summed E-state index contributed by atoms with van der Waals surface area (Å²) in [6.07, 6.45) is 5.31. The lowest BCUT2D eigenvalue weighted by Crippen LogP contribution is -2.17. The molecule has 26 heavy (non-hydrogen) atoms. The first-order chi connectivity index (χ1) is 12.5. The highest BCUT2D eigenvalue weighted by Crippen LogP contribution is 2.34. The Morgan fingerprint density at radius 1 is 0.846 bits per heavy atom. The van der Waals surface area contributed by atoms with Gasteiger partial charge in [-0.15, -0.1) is 0 Å². The molecular weight excluding hydrogens is 328 g/mol. The van der Waals surface area contributed by atoms with Crippen LogP contribution < -0.4 is 0 Å². The summed E-state index contributed by atoms with van der Waals surface area (Å²) < 4.78 is 0. The summed E-state index contributed by atoms with van der Waals surface area (Å²) in [5.41, 5.74) is 3.17. The number of benzene rings is 2. The predicted octanol–water partition coefficient (Wildman–Crippen LogP) is 5.00. The van der Waals surface area contributed by atoms with Crippen molar-refractivity contribution in [1.29, 1.82) is 0 Å². The van der Waals surface area contributed by atoms with Crippen molar-refractivity contribution in [3.8, 4) is 11.5 Å². The molecule has 0 aliphatic rings. The van der Waals surface area contributed by atoms with E-state index in [4.69, 9.17) is 0 Å². The summed E-state index contributed by atoms with van der Waals surface area (Å²) in [7, 11) is 0. The molecule has 2 rings (SSSR count). The van der Waals surface area contributed by atoms with Crippen LogP contribution in [0.15, 0.2) is 36.4 Å². The molecule has 0 aliphatic heterocycles. The second-order valence-electron chi connectivity index (χ2n) is 6.74. The molecule has 0 bridgehead atoms. The van der Waals surface area contributed by atoms with E-state index in [1.807, 2.05) is 0 Å². The molecule has 0 atom stereocenters. The van der Waals surface area contributed by atoms with Crippen molar-refractivity contribution in [2.45, 2.75) is 58.3 Å². The third-order valence-electron chi connectivity index (χ3n) is 4.72. The van der Waals surface area contributed by atoms with Gasteiger partial charge in [-0.3, -0.25) is 4.79 Å². The molecule has 0 radical (unpaired) electrons. The van der Waals surface area contributed by atoms with Crippen molar-refractivity contribution < 1.29 is 20.1 Å². The van der Waals surface area contributed by atoms with Gasteiger partial charge < -0.3 is 15.3 Å². The van der Waals surface area contributed by atoms with Gasteiger partial charge in [-0.05, 0) is 72.2 Å². The first kappa shape index (κ1) is 19.8. The number of phenolic OH excluding ortho intramolecular Hbond substituents is 2. The zero-order valence-corrected chi connectivity index (χ0v) is 15.5. The standard InChI is InChI=1S/C22H28O4/c1-3-5-7-15-13-17(23)9-11-19(15)21(22(25)26)20-12-10-18(24)14-16(20)8-6-4-2/h9-14,21,23-24H,3-8H2,1-2H3,(H,25,26). The van der Waals surface area contributed by atoms with Crippen LogP contribution in [-0.2, 0) is 17.6 Å². The molecular formula is C22H28O4. The molecule has 140 valence electrons. The second kappa shape index (κ2) is 9.27. The number of rotatable bonds is 9. The number of aromatic hydroxyl groups is 2. The third kappa shape index (κ3) is 4.78. The van der Waals surface area contributed by atoms with Gasteiger partial charge in [0.1, 0.15) is 17.4 Å². The normalized spacial score (nSPS) is 11.0. The van der Waals surface area contributed by atoms with Gasteiger partial charge in [0.15, 0.2) is 0 Å². The highest BCUT2D eigenvalue weighted by atomic mass is 16.4. The molecule has 0 saturated heterocycles. The number of carbonyl (C=O) groups is 1. The molecule has 0 unspecified atom stereocenters. The number of unbranched alkanes of at least 4 members (excludes halogenated alkanes) is 2. The number of phenols is 2. The average molecular weight is 356 g/mol. The number of aliphatic carboxylic acids is 1. The number of hydrogen-bond donors (Lipinski definition) is 3. The molecule has 2 aromatic carbocycles. The lowest BCUT2D eigenvalue weighted by Gasteiger charge is -2.21. The summed E-state index contributed by atoms with van der Waals surface area (Å²) in [4.78, 5) is 12.2. The van der Waals surface area contributed by atoms with Crippen LogP contribution in [0.5, 0.6) is 11.5 Å². The first-order valence-electron chi connectivity index (χ1n) is 9.34. The minimum absolute atomic E-state index is 0.154. The number of hydrogen-bond acceptors (Lipinski definition) is 3. The van der Waals surface area contributed by atoms with Crippen LogP contribution in [0.3, 0.4) is 0 Å². The van der Waals surface area contributed by atoms with Crippen LogP contribution in [0.25, 0.3) is 0 Å². The summed E-state index contributed by atoms with van der Waals surface area (Å²) in [5.74, 6) is -1.42. The Kier molecular flexibility index (Phi) is 7.07. The topological polar surface area (TPSA) is 77.8 Å². The van der Waals surface area contributed by atoms with E-state index in [2.05, 4.69) is 13.8 Å². The van der Waals surface area contributed by atoms with E-state index in [1.165, 1.54) is 0 Å². The lowest BCUT2D eigenvalue weighted by atomic mass is 9.83. The quantitative estimate of drug-likeness (QED) is 0.591. The average Bonchev–Trinajstić information content (AvgIpc) is 2.61. The smallest absolute Gasteiger partial charge is 0.315 e. The Bertz CT molecular complexity index is 694. The van der Waals surface area contributed by atoms with Crippen molar-refractivity contribution in [3.63, 3.8) is 0 Å². The van der Waals surface area contributed by atoms with Crippen molar-refractivity contribution in [1.82, 2.24) is 0 Å². The van der Waals surface area contributed by atoms with Crippen LogP contribution in [0, 0.1) is 0 Å². The van der Waals surface area contributed by atoms with E-state index in [9.17, 15) is 20.1 Å². The van der Waals surface area contributed by atoms with Gasteiger partial charge in [0, 0.05) is 0 Å². The maximum Gasteiger partial charge on any atom is 0.315 e. The highest BCUT2D eigenvalue weighted by molar-refractivity contribution is 5.81. The summed E-state index contributed by atoms with van der Waals surface area (Å²) >= 11 is 0. The van der Waals surface area contributed by atoms with Crippen molar-refractivity contribution >= 4 is 5.97 Å². The third-order valence-corrected chi connectivity index (χ3v) is 4.72. The SMILES string of the molecule is CCCCc1cc(O)ccc1C(C(=O)O)c1ccc(O)cc1CCCC. The second-order valence-corrected chi connectivity index (χ2v) is 6.74. The van der Waals surface area contributed by atoms with E-state index >= 15 is 0 Å². The molecule has 0 aromatic heterocycles. The molecule has 0 spiro atoms. The molecule has 4 nitrogen and oxygen atoms in total. The molecule has 0 amide bonds. The van der Waals surface area contributed by atoms with Crippen LogP contribution in [0.4, 0.5) is 0 Å². The van der Waals surface area contributed by atoms with E-state index < -0.39 is 11.9 Å². The van der Waals surface area contributed by atoms with E-state index in [0.29, 0.717) is 11.1 Å². The van der Waals surface area contributed by atoms with E-state index in [0.717, 1.165) is 49.7 Å². The highest BCUT2D eigenvalue weighted by Gasteiger charge is 2.27. The minimum atomic E-state index is -0.920. The summed E-state index contributed by atoms with van der Waals surface area (Å²) in [6, 6.07) is 9.88. The monoisotopic (exact) mass is 356 g/mol. The molecule has 0 saturated carbocycles. The maximum atomic E-state index is 12.2. The Morgan fingerprint density at radius 3 is 1.62 bits per heavy atom. The maximum absolute atomic E-state index is 12.2. The van der Waals surface area contributed by atoms with Crippen LogP contribution in [0.2, 0.25) is 0 Å². The molecule has 2 aromatic rings. The largest absolute Gasteiger partial charge is 0.508 e. The van der Waals surface area contributed by atoms with Gasteiger partial charge in [0.05, 0.1) is 0 Å². The fraction of sp³-hybridized carbons (Fsp3) is 0.409. The number of carboxylic acids is 1. The first-order valence-corrected chi connectivity index (χ1v) is 9.34. The predicted molar refractivity (Wildman–Crippen MR) is 103 cm³/mol. The summed E-state index contributed by atoms with van der Waals surface area (Å²) in [6.45, 7) is 4.17. The number of aryl methyl sites for hydroxylation is 2. The molecule has 0 fully saturated rings. The Morgan fingerprint density at radius 2 is 1.27 bits per heavy atom. The molecule has 0 aliphatic carbocycles. The lowest BCUT2D eigenvalue weighted by molar-refractivity contribution is -0.137. The van der Waals surface area contributed by atoms with Gasteiger partial charge in [0.25, 0.3) is 0 Å². The summed E-state index contributed by atoms with van der Waals surface area (Å²) in [5, 5.41) is 29.7. The van der Waals surface area contributed by atoms with Crippen molar-refractivity contribution in [3.05, 3.63) is 58.7 Å². The van der Waals surface area contributed by atoms with E-state index in [1.54, 1.807) is 36.4 Å². The van der Waals surface area contributed by atoms with Crippen LogP contribution in [0.1, 0.15) is 67.7 Å².